The highest BCUT2D eigenvalue weighted by Gasteiger charge is 2.49. The molecule has 0 spiro atoms. The van der Waals surface area contributed by atoms with Crippen LogP contribution in [0.15, 0.2) is 18.2 Å². The largest absolute Gasteiger partial charge is 0.508 e. The van der Waals surface area contributed by atoms with Gasteiger partial charge < -0.3 is 10.0 Å². The lowest BCUT2D eigenvalue weighted by Crippen LogP contribution is -2.45. The first kappa shape index (κ1) is 11.1. The van der Waals surface area contributed by atoms with E-state index in [9.17, 15) is 14.7 Å². The first-order valence-electron chi connectivity index (χ1n) is 5.89. The van der Waals surface area contributed by atoms with Crippen LogP contribution in [0.2, 0.25) is 0 Å². The Morgan fingerprint density at radius 3 is 2.83 bits per heavy atom. The van der Waals surface area contributed by atoms with E-state index in [1.165, 1.54) is 6.92 Å². The Kier molecular flexibility index (Phi) is 2.14. The fraction of sp³-hybridized carbons (Fsp3) is 0.385. The number of likely N-dealkylation sites (tertiary alicyclic amines) is 1. The average molecular weight is 246 g/mol. The van der Waals surface area contributed by atoms with Crippen LogP contribution in [0.1, 0.15) is 24.8 Å². The van der Waals surface area contributed by atoms with Crippen molar-refractivity contribution in [2.75, 3.05) is 11.9 Å². The molecule has 3 rings (SSSR count). The Morgan fingerprint density at radius 2 is 2.17 bits per heavy atom. The molecule has 0 aliphatic carbocycles. The lowest BCUT2D eigenvalue weighted by atomic mass is 9.98. The molecular weight excluding hydrogens is 232 g/mol. The van der Waals surface area contributed by atoms with Gasteiger partial charge in [-0.3, -0.25) is 14.5 Å². The zero-order chi connectivity index (χ0) is 13.0. The minimum atomic E-state index is -0.244. The number of fused-ring (bicyclic) bond motifs is 3. The van der Waals surface area contributed by atoms with Crippen molar-refractivity contribution < 1.29 is 14.7 Å². The van der Waals surface area contributed by atoms with Gasteiger partial charge in [-0.05, 0) is 23.8 Å². The molecule has 1 saturated heterocycles. The predicted octanol–water partition coefficient (Wildman–Crippen LogP) is 1.03. The highest BCUT2D eigenvalue weighted by Crippen LogP contribution is 2.48. The Hall–Kier alpha value is -2.04. The van der Waals surface area contributed by atoms with Crippen molar-refractivity contribution >= 4 is 17.5 Å². The van der Waals surface area contributed by atoms with Gasteiger partial charge >= 0.3 is 0 Å². The van der Waals surface area contributed by atoms with Gasteiger partial charge in [-0.15, -0.1) is 0 Å². The van der Waals surface area contributed by atoms with E-state index in [-0.39, 0.29) is 29.6 Å². The molecule has 1 fully saturated rings. The van der Waals surface area contributed by atoms with Crippen LogP contribution in [0, 0.1) is 0 Å². The van der Waals surface area contributed by atoms with Crippen LogP contribution in [0.3, 0.4) is 0 Å². The third-order valence-electron chi connectivity index (χ3n) is 3.82. The number of carbonyl (C=O) groups is 2. The zero-order valence-corrected chi connectivity index (χ0v) is 10.3. The third-order valence-corrected chi connectivity index (χ3v) is 3.82. The minimum absolute atomic E-state index is 0.0326. The molecule has 2 aliphatic rings. The molecule has 5 nitrogen and oxygen atoms in total. The molecule has 2 amide bonds. The van der Waals surface area contributed by atoms with E-state index in [2.05, 4.69) is 0 Å². The van der Waals surface area contributed by atoms with E-state index in [1.54, 1.807) is 35.0 Å². The van der Waals surface area contributed by atoms with E-state index in [4.69, 9.17) is 0 Å². The highest BCUT2D eigenvalue weighted by atomic mass is 16.3. The van der Waals surface area contributed by atoms with Crippen molar-refractivity contribution in [1.29, 1.82) is 0 Å². The number of rotatable bonds is 0. The monoisotopic (exact) mass is 246 g/mol. The lowest BCUT2D eigenvalue weighted by Gasteiger charge is -2.29. The summed E-state index contributed by atoms with van der Waals surface area (Å²) < 4.78 is 0. The predicted molar refractivity (Wildman–Crippen MR) is 65.2 cm³/mol. The zero-order valence-electron chi connectivity index (χ0n) is 10.3. The number of likely N-dealkylation sites (N-methyl/N-ethyl adjacent to an activating group) is 1. The number of nitrogens with zero attached hydrogens (tertiary/aromatic N) is 2. The topological polar surface area (TPSA) is 60.9 Å². The highest BCUT2D eigenvalue weighted by molar-refractivity contribution is 5.98. The molecule has 2 atom stereocenters. The average Bonchev–Trinajstić information content (AvgIpc) is 2.76. The first-order valence-corrected chi connectivity index (χ1v) is 5.89. The van der Waals surface area contributed by atoms with E-state index < -0.39 is 0 Å². The Bertz CT molecular complexity index is 555. The first-order chi connectivity index (χ1) is 8.50. The second-order valence-electron chi connectivity index (χ2n) is 4.86. The van der Waals surface area contributed by atoms with Crippen LogP contribution in [-0.4, -0.2) is 35.0 Å². The van der Waals surface area contributed by atoms with Crippen LogP contribution in [0.25, 0.3) is 0 Å². The summed E-state index contributed by atoms with van der Waals surface area (Å²) in [5, 5.41) is 9.57. The molecule has 1 N–H and O–H groups in total. The van der Waals surface area contributed by atoms with Crippen LogP contribution in [0.4, 0.5) is 5.69 Å². The molecule has 1 aromatic carbocycles. The number of hydrogen-bond acceptors (Lipinski definition) is 3. The van der Waals surface area contributed by atoms with E-state index in [0.29, 0.717) is 6.42 Å². The summed E-state index contributed by atoms with van der Waals surface area (Å²) >= 11 is 0. The molecule has 2 heterocycles. The number of aromatic hydroxyl groups is 1. The van der Waals surface area contributed by atoms with Crippen molar-refractivity contribution in [3.63, 3.8) is 0 Å². The number of anilines is 1. The van der Waals surface area contributed by atoms with Crippen molar-refractivity contribution in [1.82, 2.24) is 4.90 Å². The standard InChI is InChI=1S/C13H14N2O3/c1-7(16)15-11-4-3-8(17)5-9(11)10-6-12(18)14(2)13(10)15/h3-5,10,13,17H,6H2,1-2H3. The van der Waals surface area contributed by atoms with Crippen LogP contribution >= 0.6 is 0 Å². The van der Waals surface area contributed by atoms with E-state index in [1.807, 2.05) is 0 Å². The summed E-state index contributed by atoms with van der Waals surface area (Å²) in [5.74, 6) is 0.0784. The molecule has 5 heteroatoms. The van der Waals surface area contributed by atoms with Crippen molar-refractivity contribution in [3.05, 3.63) is 23.8 Å². The maximum Gasteiger partial charge on any atom is 0.225 e. The second kappa shape index (κ2) is 3.48. The normalized spacial score (nSPS) is 25.3. The molecule has 0 saturated carbocycles. The van der Waals surface area contributed by atoms with Gasteiger partial charge in [-0.1, -0.05) is 0 Å². The summed E-state index contributed by atoms with van der Waals surface area (Å²) in [4.78, 5) is 26.8. The molecule has 0 bridgehead atoms. The van der Waals surface area contributed by atoms with Gasteiger partial charge in [0.2, 0.25) is 11.8 Å². The molecule has 94 valence electrons. The van der Waals surface area contributed by atoms with Crippen LogP contribution in [-0.2, 0) is 9.59 Å². The number of carbonyl (C=O) groups excluding carboxylic acids is 2. The fourth-order valence-electron chi connectivity index (χ4n) is 3.04. The van der Waals surface area contributed by atoms with Crippen molar-refractivity contribution in [2.24, 2.45) is 0 Å². The van der Waals surface area contributed by atoms with Crippen molar-refractivity contribution in [2.45, 2.75) is 25.4 Å². The number of amides is 2. The van der Waals surface area contributed by atoms with Crippen LogP contribution < -0.4 is 4.90 Å². The van der Waals surface area contributed by atoms with Gasteiger partial charge in [0.1, 0.15) is 11.9 Å². The second-order valence-corrected chi connectivity index (χ2v) is 4.86. The number of hydrogen-bond donors (Lipinski definition) is 1. The molecule has 2 aliphatic heterocycles. The van der Waals surface area contributed by atoms with E-state index >= 15 is 0 Å². The molecule has 18 heavy (non-hydrogen) atoms. The molecule has 0 aromatic heterocycles. The Morgan fingerprint density at radius 1 is 1.44 bits per heavy atom. The summed E-state index contributed by atoms with van der Waals surface area (Å²) in [5.41, 5.74) is 1.68. The third kappa shape index (κ3) is 1.27. The fourth-order valence-corrected chi connectivity index (χ4v) is 3.04. The van der Waals surface area contributed by atoms with Gasteiger partial charge in [-0.2, -0.15) is 0 Å². The molecule has 2 unspecified atom stereocenters. The van der Waals surface area contributed by atoms with Gasteiger partial charge in [0.25, 0.3) is 0 Å². The SMILES string of the molecule is CC(=O)N1c2ccc(O)cc2C2CC(=O)N(C)C21. The maximum absolute atomic E-state index is 11.8. The summed E-state index contributed by atoms with van der Waals surface area (Å²) in [7, 11) is 1.72. The summed E-state index contributed by atoms with van der Waals surface area (Å²) in [6, 6.07) is 4.96. The minimum Gasteiger partial charge on any atom is -0.508 e. The smallest absolute Gasteiger partial charge is 0.225 e. The quantitative estimate of drug-likeness (QED) is 0.743. The Labute approximate surface area is 105 Å². The summed E-state index contributed by atoms with van der Waals surface area (Å²) in [6.45, 7) is 1.50. The molecule has 0 radical (unpaired) electrons. The van der Waals surface area contributed by atoms with Gasteiger partial charge in [0.15, 0.2) is 0 Å². The lowest BCUT2D eigenvalue weighted by molar-refractivity contribution is -0.128. The van der Waals surface area contributed by atoms with Gasteiger partial charge in [0.05, 0.1) is 0 Å². The van der Waals surface area contributed by atoms with E-state index in [0.717, 1.165) is 11.3 Å². The van der Waals surface area contributed by atoms with Gasteiger partial charge in [0, 0.05) is 32.0 Å². The summed E-state index contributed by atoms with van der Waals surface area (Å²) in [6.07, 6.45) is 0.147. The van der Waals surface area contributed by atoms with Crippen LogP contribution in [0.5, 0.6) is 5.75 Å². The Balaban J connectivity index is 2.17. The number of phenols is 1. The number of benzene rings is 1. The van der Waals surface area contributed by atoms with Gasteiger partial charge in [-0.25, -0.2) is 0 Å². The molecular formula is C13H14N2O3. The van der Waals surface area contributed by atoms with Crippen molar-refractivity contribution in [3.8, 4) is 5.75 Å². The maximum atomic E-state index is 11.8. The molecule has 1 aromatic rings. The number of phenolic OH excluding ortho intramolecular Hbond substituents is 1.